The van der Waals surface area contributed by atoms with Gasteiger partial charge in [-0.25, -0.2) is 0 Å². The van der Waals surface area contributed by atoms with Crippen molar-refractivity contribution in [1.29, 1.82) is 0 Å². The first-order valence-corrected chi connectivity index (χ1v) is 15.6. The molecule has 0 spiro atoms. The molecule has 1 aromatic rings. The van der Waals surface area contributed by atoms with Crippen molar-refractivity contribution in [3.63, 3.8) is 0 Å². The second kappa shape index (κ2) is 15.8. The largest absolute Gasteiger partial charge is 0.462 e. The lowest BCUT2D eigenvalue weighted by atomic mass is 9.88. The number of hydrogen-bond donors (Lipinski definition) is 1. The molecule has 1 heterocycles. The van der Waals surface area contributed by atoms with Gasteiger partial charge in [0.1, 0.15) is 11.5 Å². The minimum absolute atomic E-state index is 0.348. The van der Waals surface area contributed by atoms with Crippen LogP contribution in [-0.2, 0) is 0 Å². The summed E-state index contributed by atoms with van der Waals surface area (Å²) in [4.78, 5) is 7.86. The summed E-state index contributed by atoms with van der Waals surface area (Å²) in [6, 6.07) is 6.57. The summed E-state index contributed by atoms with van der Waals surface area (Å²) in [6.45, 7) is 21.7. The predicted molar refractivity (Wildman–Crippen MR) is 174 cm³/mol. The molecule has 40 heavy (non-hydrogen) atoms. The molecule has 4 heteroatoms. The number of piperazine rings is 1. The molecule has 3 rings (SSSR count). The van der Waals surface area contributed by atoms with Gasteiger partial charge < -0.3 is 15.0 Å². The number of allylic oxidation sites excluding steroid dienone is 8. The van der Waals surface area contributed by atoms with E-state index in [0.29, 0.717) is 5.92 Å². The zero-order valence-electron chi connectivity index (χ0n) is 26.5. The number of nitrogens with one attached hydrogen (secondary N) is 1. The third-order valence-corrected chi connectivity index (χ3v) is 8.48. The molecule has 1 atom stereocenters. The first kappa shape index (κ1) is 31.7. The van der Waals surface area contributed by atoms with Crippen molar-refractivity contribution in [2.24, 2.45) is 10.9 Å². The Bertz CT molecular complexity index is 1180. The molecule has 4 nitrogen and oxygen atoms in total. The van der Waals surface area contributed by atoms with Crippen molar-refractivity contribution >= 4 is 11.4 Å². The van der Waals surface area contributed by atoms with Crippen LogP contribution in [0.25, 0.3) is 5.70 Å². The number of hydrogen-bond acceptors (Lipinski definition) is 4. The highest BCUT2D eigenvalue weighted by atomic mass is 16.5. The Hall–Kier alpha value is -2.85. The number of aryl methyl sites for hydroxylation is 1. The van der Waals surface area contributed by atoms with Gasteiger partial charge in [-0.3, -0.25) is 4.99 Å². The molecule has 0 radical (unpaired) electrons. The van der Waals surface area contributed by atoms with E-state index in [-0.39, 0.29) is 0 Å². The summed E-state index contributed by atoms with van der Waals surface area (Å²) in [5.41, 5.74) is 9.87. The van der Waals surface area contributed by atoms with Gasteiger partial charge in [-0.1, -0.05) is 51.5 Å². The third-order valence-electron chi connectivity index (χ3n) is 8.48. The Labute approximate surface area is 244 Å². The van der Waals surface area contributed by atoms with E-state index in [1.807, 2.05) is 0 Å². The van der Waals surface area contributed by atoms with E-state index in [9.17, 15) is 0 Å². The van der Waals surface area contributed by atoms with Crippen LogP contribution in [0.3, 0.4) is 0 Å². The molecule has 1 aliphatic heterocycles. The minimum Gasteiger partial charge on any atom is -0.462 e. The van der Waals surface area contributed by atoms with E-state index in [1.165, 1.54) is 36.1 Å². The summed E-state index contributed by atoms with van der Waals surface area (Å²) in [5, 5.41) is 3.46. The van der Waals surface area contributed by atoms with Crippen LogP contribution in [0.2, 0.25) is 0 Å². The van der Waals surface area contributed by atoms with Crippen LogP contribution >= 0.6 is 0 Å². The Morgan fingerprint density at radius 3 is 2.38 bits per heavy atom. The average molecular weight is 544 g/mol. The number of rotatable bonds is 12. The molecule has 1 saturated carbocycles. The summed E-state index contributed by atoms with van der Waals surface area (Å²) >= 11 is 0. The Morgan fingerprint density at radius 1 is 1.07 bits per heavy atom. The van der Waals surface area contributed by atoms with Crippen LogP contribution in [-0.4, -0.2) is 36.8 Å². The monoisotopic (exact) mass is 543 g/mol. The molecule has 2 fully saturated rings. The fourth-order valence-electron chi connectivity index (χ4n) is 5.03. The van der Waals surface area contributed by atoms with Crippen molar-refractivity contribution < 1.29 is 4.74 Å². The minimum atomic E-state index is 0.348. The van der Waals surface area contributed by atoms with Gasteiger partial charge in [-0.2, -0.15) is 0 Å². The van der Waals surface area contributed by atoms with E-state index >= 15 is 0 Å². The van der Waals surface area contributed by atoms with Crippen molar-refractivity contribution in [3.05, 3.63) is 81.8 Å². The first-order chi connectivity index (χ1) is 19.3. The predicted octanol–water partition coefficient (Wildman–Crippen LogP) is 9.16. The number of benzene rings is 1. The van der Waals surface area contributed by atoms with Gasteiger partial charge in [0.15, 0.2) is 0 Å². The van der Waals surface area contributed by atoms with Crippen LogP contribution in [0.15, 0.2) is 75.7 Å². The van der Waals surface area contributed by atoms with Gasteiger partial charge in [0.2, 0.25) is 0 Å². The summed E-state index contributed by atoms with van der Waals surface area (Å²) < 4.78 is 6.52. The van der Waals surface area contributed by atoms with Crippen LogP contribution in [0.5, 0.6) is 5.75 Å². The molecular formula is C36H53N3O. The molecule has 1 aliphatic carbocycles. The molecule has 0 bridgehead atoms. The third kappa shape index (κ3) is 8.57. The lowest BCUT2D eigenvalue weighted by molar-refractivity contribution is 0.307. The highest BCUT2D eigenvalue weighted by Gasteiger charge is 2.16. The van der Waals surface area contributed by atoms with E-state index in [4.69, 9.17) is 9.73 Å². The Morgan fingerprint density at radius 2 is 1.80 bits per heavy atom. The molecule has 1 aromatic carbocycles. The van der Waals surface area contributed by atoms with Gasteiger partial charge in [-0.05, 0) is 107 Å². The highest BCUT2D eigenvalue weighted by molar-refractivity contribution is 6.00. The van der Waals surface area contributed by atoms with Crippen molar-refractivity contribution in [1.82, 2.24) is 10.2 Å². The van der Waals surface area contributed by atoms with Crippen molar-refractivity contribution in [3.8, 4) is 5.75 Å². The van der Waals surface area contributed by atoms with E-state index in [0.717, 1.165) is 79.5 Å². The highest BCUT2D eigenvalue weighted by Crippen LogP contribution is 2.33. The molecule has 0 amide bonds. The topological polar surface area (TPSA) is 36.9 Å². The van der Waals surface area contributed by atoms with Crippen LogP contribution < -0.4 is 10.1 Å². The maximum atomic E-state index is 6.52. The van der Waals surface area contributed by atoms with Crippen LogP contribution in [0.1, 0.15) is 98.1 Å². The fraction of sp³-hybridized carbons (Fsp3) is 0.528. The standard InChI is InChI=1S/C36H53N3O/c1-9-26(5)33(19-18-32(11-3)39-22-20-37-21-23-39)38-34(24-29(8)30-14-13-15-30)31-17-16-28(7)36(25-31)40-35(12-4)27(6)10-2/h11,16-19,24-26,37H,9-10,12-15,20-23H2,1-8H3/b19-18-,32-11+,34-24-,35-27+,38-33-. The van der Waals surface area contributed by atoms with Crippen molar-refractivity contribution in [2.45, 2.75) is 93.9 Å². The quantitative estimate of drug-likeness (QED) is 0.162. The SMILES string of the molecule is C\C=C(/C=C\C(=N\C(=C/C(C)=C1CCC1)c1ccc(C)c(O/C(CC)=C(\C)CC)c1)C(C)CC)N1CCNCC1. The van der Waals surface area contributed by atoms with Crippen LogP contribution in [0, 0.1) is 12.8 Å². The first-order valence-electron chi connectivity index (χ1n) is 15.6. The number of ether oxygens (including phenoxy) is 1. The zero-order chi connectivity index (χ0) is 29.1. The molecule has 1 saturated heterocycles. The van der Waals surface area contributed by atoms with Gasteiger partial charge in [0, 0.05) is 49.6 Å². The van der Waals surface area contributed by atoms with E-state index in [2.05, 4.69) is 108 Å². The summed E-state index contributed by atoms with van der Waals surface area (Å²) in [6.07, 6.45) is 15.7. The van der Waals surface area contributed by atoms with Gasteiger partial charge >= 0.3 is 0 Å². The Balaban J connectivity index is 2.07. The maximum absolute atomic E-state index is 6.52. The van der Waals surface area contributed by atoms with Gasteiger partial charge in [-0.15, -0.1) is 0 Å². The van der Waals surface area contributed by atoms with Crippen LogP contribution in [0.4, 0.5) is 0 Å². The van der Waals surface area contributed by atoms with E-state index in [1.54, 1.807) is 5.57 Å². The lowest BCUT2D eigenvalue weighted by Crippen LogP contribution is -2.42. The second-order valence-corrected chi connectivity index (χ2v) is 11.3. The second-order valence-electron chi connectivity index (χ2n) is 11.3. The normalized spacial score (nSPS) is 18.6. The summed E-state index contributed by atoms with van der Waals surface area (Å²) in [5.74, 6) is 2.34. The van der Waals surface area contributed by atoms with Gasteiger partial charge in [0.05, 0.1) is 5.70 Å². The van der Waals surface area contributed by atoms with Crippen molar-refractivity contribution in [2.75, 3.05) is 26.2 Å². The molecule has 2 aliphatic rings. The van der Waals surface area contributed by atoms with E-state index < -0.39 is 0 Å². The maximum Gasteiger partial charge on any atom is 0.130 e. The fourth-order valence-corrected chi connectivity index (χ4v) is 5.03. The number of aliphatic imine (C=N–C) groups is 1. The molecule has 0 aromatic heterocycles. The molecule has 218 valence electrons. The average Bonchev–Trinajstić information content (AvgIpc) is 2.94. The summed E-state index contributed by atoms with van der Waals surface area (Å²) in [7, 11) is 0. The molecular weight excluding hydrogens is 490 g/mol. The Kier molecular flexibility index (Phi) is 12.5. The molecule has 1 N–H and O–H groups in total. The zero-order valence-corrected chi connectivity index (χ0v) is 26.5. The smallest absolute Gasteiger partial charge is 0.130 e. The molecule has 1 unspecified atom stereocenters. The van der Waals surface area contributed by atoms with Gasteiger partial charge in [0.25, 0.3) is 0 Å². The number of nitrogens with zero attached hydrogens (tertiary/aromatic N) is 2. The lowest BCUT2D eigenvalue weighted by Gasteiger charge is -2.30.